The predicted octanol–water partition coefficient (Wildman–Crippen LogP) is 2.85. The van der Waals surface area contributed by atoms with E-state index >= 15 is 4.39 Å². The van der Waals surface area contributed by atoms with E-state index < -0.39 is 17.2 Å². The number of anilines is 1. The van der Waals surface area contributed by atoms with Crippen molar-refractivity contribution in [2.24, 2.45) is 0 Å². The van der Waals surface area contributed by atoms with Crippen molar-refractivity contribution >= 4 is 60.7 Å². The van der Waals surface area contributed by atoms with Gasteiger partial charge in [-0.2, -0.15) is 0 Å². The van der Waals surface area contributed by atoms with E-state index in [1.54, 1.807) is 34.7 Å². The first-order chi connectivity index (χ1) is 21.1. The Hall–Kier alpha value is -4.87. The summed E-state index contributed by atoms with van der Waals surface area (Å²) in [4.78, 5) is 60.1. The van der Waals surface area contributed by atoms with Crippen molar-refractivity contribution in [3.05, 3.63) is 90.7 Å². The molecule has 10 nitrogen and oxygen atoms in total. The van der Waals surface area contributed by atoms with Gasteiger partial charge in [-0.05, 0) is 39.3 Å². The first kappa shape index (κ1) is 27.9. The standard InChI is InChI=1S/C33H30FN5O5/c1-36(2)9-8-35-33(43)23-17-39-25-15-20-21(30(41)19-7-5-4-6-18(19)29(20)40)16-26(25)44-32-27(39)22(31(23)42)14-24(34)28(32)38-12-10-37(3)11-13-38/h4-7,14-17H,8-13H2,1-3H3,(H,35,43). The summed E-state index contributed by atoms with van der Waals surface area (Å²) in [6.45, 7) is 3.33. The molecule has 1 aliphatic heterocycles. The number of hydrogen-bond acceptors (Lipinski definition) is 8. The predicted molar refractivity (Wildman–Crippen MR) is 170 cm³/mol. The van der Waals surface area contributed by atoms with Gasteiger partial charge in [0.2, 0.25) is 5.43 Å². The highest BCUT2D eigenvalue weighted by Gasteiger charge is 2.27. The Morgan fingerprint density at radius 1 is 0.909 bits per heavy atom. The van der Waals surface area contributed by atoms with Gasteiger partial charge in [-0.3, -0.25) is 19.2 Å². The molecule has 7 rings (SSSR count). The molecule has 1 aliphatic rings. The van der Waals surface area contributed by atoms with Crippen molar-refractivity contribution in [2.75, 3.05) is 65.3 Å². The summed E-state index contributed by atoms with van der Waals surface area (Å²) in [5.74, 6) is -1.24. The van der Waals surface area contributed by atoms with Crippen LogP contribution in [0.4, 0.5) is 10.1 Å². The van der Waals surface area contributed by atoms with Gasteiger partial charge in [-0.1, -0.05) is 24.3 Å². The second-order valence-corrected chi connectivity index (χ2v) is 11.7. The van der Waals surface area contributed by atoms with Crippen molar-refractivity contribution in [1.29, 1.82) is 0 Å². The summed E-state index contributed by atoms with van der Waals surface area (Å²) in [6, 6.07) is 10.9. The highest BCUT2D eigenvalue weighted by atomic mass is 19.1. The van der Waals surface area contributed by atoms with E-state index in [1.807, 2.05) is 30.9 Å². The minimum atomic E-state index is -0.646. The van der Waals surface area contributed by atoms with Gasteiger partial charge in [0, 0.05) is 67.0 Å². The highest BCUT2D eigenvalue weighted by molar-refractivity contribution is 6.08. The Bertz CT molecular complexity index is 2320. The molecule has 44 heavy (non-hydrogen) atoms. The van der Waals surface area contributed by atoms with Crippen LogP contribution in [0.15, 0.2) is 67.5 Å². The van der Waals surface area contributed by atoms with Crippen molar-refractivity contribution < 1.29 is 13.6 Å². The lowest BCUT2D eigenvalue weighted by Crippen LogP contribution is -2.45. The van der Waals surface area contributed by atoms with Crippen LogP contribution in [-0.2, 0) is 0 Å². The van der Waals surface area contributed by atoms with Crippen LogP contribution in [0.3, 0.4) is 0 Å². The van der Waals surface area contributed by atoms with Crippen LogP contribution in [0.1, 0.15) is 10.4 Å². The van der Waals surface area contributed by atoms with Crippen molar-refractivity contribution in [1.82, 2.24) is 19.5 Å². The molecule has 0 spiro atoms. The van der Waals surface area contributed by atoms with Gasteiger partial charge in [0.05, 0.1) is 10.9 Å². The molecule has 4 aromatic carbocycles. The highest BCUT2D eigenvalue weighted by Crippen LogP contribution is 2.37. The molecular weight excluding hydrogens is 565 g/mol. The quantitative estimate of drug-likeness (QED) is 0.240. The number of pyridine rings is 1. The molecule has 0 unspecified atom stereocenters. The third-order valence-corrected chi connectivity index (χ3v) is 8.56. The van der Waals surface area contributed by atoms with Gasteiger partial charge in [0.25, 0.3) is 5.91 Å². The van der Waals surface area contributed by atoms with E-state index in [4.69, 9.17) is 4.42 Å². The van der Waals surface area contributed by atoms with Crippen LogP contribution in [0.25, 0.3) is 49.1 Å². The number of hydrogen-bond donors (Lipinski definition) is 1. The summed E-state index contributed by atoms with van der Waals surface area (Å²) in [5, 5.41) is 3.70. The van der Waals surface area contributed by atoms with Crippen molar-refractivity contribution in [3.8, 4) is 0 Å². The Balaban J connectivity index is 1.59. The van der Waals surface area contributed by atoms with E-state index in [-0.39, 0.29) is 54.9 Å². The number of rotatable bonds is 5. The molecule has 11 heteroatoms. The minimum absolute atomic E-state index is 0.0215. The van der Waals surface area contributed by atoms with Crippen molar-refractivity contribution in [3.63, 3.8) is 0 Å². The molecule has 2 aromatic heterocycles. The molecule has 6 aromatic rings. The molecule has 1 N–H and O–H groups in total. The Labute approximate surface area is 249 Å². The third-order valence-electron chi connectivity index (χ3n) is 8.56. The molecule has 0 saturated carbocycles. The first-order valence-corrected chi connectivity index (χ1v) is 14.5. The summed E-state index contributed by atoms with van der Waals surface area (Å²) in [5.41, 5.74) is -0.251. The zero-order valence-electron chi connectivity index (χ0n) is 24.6. The molecule has 1 saturated heterocycles. The fraction of sp³-hybridized carbons (Fsp3) is 0.273. The number of amides is 1. The number of fused-ring (bicyclic) bond motifs is 4. The number of carbonyl (C=O) groups excluding carboxylic acids is 1. The maximum atomic E-state index is 16.0. The number of aromatic nitrogens is 1. The number of halogens is 1. The monoisotopic (exact) mass is 595 g/mol. The number of nitrogens with one attached hydrogen (secondary N) is 1. The van der Waals surface area contributed by atoms with E-state index in [1.165, 1.54) is 18.3 Å². The molecule has 0 aliphatic carbocycles. The summed E-state index contributed by atoms with van der Waals surface area (Å²) < 4.78 is 24.1. The molecule has 224 valence electrons. The number of carbonyl (C=O) groups is 1. The van der Waals surface area contributed by atoms with E-state index in [0.29, 0.717) is 55.6 Å². The molecular formula is C33H30FN5O5. The number of piperazine rings is 1. The number of likely N-dealkylation sites (N-methyl/N-ethyl adjacent to an activating group) is 2. The molecule has 0 radical (unpaired) electrons. The summed E-state index contributed by atoms with van der Waals surface area (Å²) in [7, 11) is 5.73. The van der Waals surface area contributed by atoms with Gasteiger partial charge in [0.1, 0.15) is 16.8 Å². The summed E-state index contributed by atoms with van der Waals surface area (Å²) in [6.07, 6.45) is 1.42. The molecule has 1 fully saturated rings. The zero-order chi connectivity index (χ0) is 30.9. The van der Waals surface area contributed by atoms with Gasteiger partial charge in [0.15, 0.2) is 27.8 Å². The Morgan fingerprint density at radius 2 is 1.57 bits per heavy atom. The Kier molecular flexibility index (Phi) is 6.60. The number of nitrogens with zero attached hydrogens (tertiary/aromatic N) is 4. The third kappa shape index (κ3) is 4.30. The van der Waals surface area contributed by atoms with Gasteiger partial charge >= 0.3 is 0 Å². The normalized spacial score (nSPS) is 14.6. The average molecular weight is 596 g/mol. The van der Waals surface area contributed by atoms with E-state index in [2.05, 4.69) is 10.2 Å². The van der Waals surface area contributed by atoms with Crippen LogP contribution < -0.4 is 26.5 Å². The molecule has 0 atom stereocenters. The largest absolute Gasteiger partial charge is 0.451 e. The van der Waals surface area contributed by atoms with Crippen LogP contribution in [0.2, 0.25) is 0 Å². The lowest BCUT2D eigenvalue weighted by atomic mass is 10.0. The summed E-state index contributed by atoms with van der Waals surface area (Å²) >= 11 is 0. The fourth-order valence-electron chi connectivity index (χ4n) is 6.17. The van der Waals surface area contributed by atoms with Crippen LogP contribution >= 0.6 is 0 Å². The van der Waals surface area contributed by atoms with Gasteiger partial charge in [-0.25, -0.2) is 4.39 Å². The molecule has 3 heterocycles. The van der Waals surface area contributed by atoms with Gasteiger partial charge in [-0.15, -0.1) is 0 Å². The molecule has 0 bridgehead atoms. The lowest BCUT2D eigenvalue weighted by Gasteiger charge is -2.34. The second kappa shape index (κ2) is 10.4. The minimum Gasteiger partial charge on any atom is -0.451 e. The lowest BCUT2D eigenvalue weighted by molar-refractivity contribution is 0.0949. The average Bonchev–Trinajstić information content (AvgIpc) is 3.01. The van der Waals surface area contributed by atoms with E-state index in [0.717, 1.165) is 0 Å². The number of benzene rings is 4. The topological polar surface area (TPSA) is 108 Å². The first-order valence-electron chi connectivity index (χ1n) is 14.5. The van der Waals surface area contributed by atoms with Crippen LogP contribution in [0.5, 0.6) is 0 Å². The van der Waals surface area contributed by atoms with Crippen molar-refractivity contribution in [2.45, 2.75) is 0 Å². The fourth-order valence-corrected chi connectivity index (χ4v) is 6.17. The maximum Gasteiger partial charge on any atom is 0.256 e. The molecule has 1 amide bonds. The van der Waals surface area contributed by atoms with Gasteiger partial charge < -0.3 is 28.8 Å². The smallest absolute Gasteiger partial charge is 0.256 e. The van der Waals surface area contributed by atoms with Crippen LogP contribution in [-0.4, -0.2) is 80.5 Å². The zero-order valence-corrected chi connectivity index (χ0v) is 24.6. The Morgan fingerprint density at radius 3 is 2.23 bits per heavy atom. The van der Waals surface area contributed by atoms with Crippen LogP contribution in [0, 0.1) is 5.82 Å². The SMILES string of the molecule is CN(C)CCNC(=O)c1cn2c3cc4c(=O)c5ccccc5c(=O)c4cc3oc3c(N4CCN(C)CC4)c(F)cc(c1=O)c32. The second-order valence-electron chi connectivity index (χ2n) is 11.7. The maximum absolute atomic E-state index is 16.0. The van der Waals surface area contributed by atoms with E-state index in [9.17, 15) is 19.2 Å².